The second-order valence-electron chi connectivity index (χ2n) is 4.50. The van der Waals surface area contributed by atoms with Crippen molar-refractivity contribution in [2.75, 3.05) is 11.5 Å². The van der Waals surface area contributed by atoms with Gasteiger partial charge >= 0.3 is 0 Å². The van der Waals surface area contributed by atoms with Crippen molar-refractivity contribution < 1.29 is 10.3 Å². The zero-order valence-electron chi connectivity index (χ0n) is 11.3. The molecule has 106 valence electrons. The fraction of sp³-hybridized carbons (Fsp3) is 0.286. The van der Waals surface area contributed by atoms with E-state index in [0.717, 1.165) is 32.6 Å². The molecule has 0 aromatic carbocycles. The van der Waals surface area contributed by atoms with E-state index in [2.05, 4.69) is 4.98 Å². The monoisotopic (exact) mass is 308 g/mol. The SMILES string of the molecule is Cc1ccn2c(C(=O)C=C3SCCS3)c(C)nc2c1.O. The first-order chi connectivity index (χ1) is 9.15. The van der Waals surface area contributed by atoms with Crippen LogP contribution in [0.15, 0.2) is 28.6 Å². The minimum Gasteiger partial charge on any atom is -0.412 e. The van der Waals surface area contributed by atoms with Crippen LogP contribution in [-0.4, -0.2) is 32.1 Å². The number of carbonyl (C=O) groups is 1. The normalized spacial score (nSPS) is 14.4. The number of ketones is 1. The second-order valence-corrected chi connectivity index (χ2v) is 7.03. The Morgan fingerprint density at radius 2 is 2.05 bits per heavy atom. The molecule has 2 aromatic heterocycles. The Labute approximate surface area is 126 Å². The molecule has 0 radical (unpaired) electrons. The highest BCUT2D eigenvalue weighted by atomic mass is 32.2. The molecule has 1 fully saturated rings. The van der Waals surface area contributed by atoms with E-state index in [1.54, 1.807) is 29.6 Å². The van der Waals surface area contributed by atoms with E-state index >= 15 is 0 Å². The maximum Gasteiger partial charge on any atom is 0.206 e. The van der Waals surface area contributed by atoms with Gasteiger partial charge in [-0.3, -0.25) is 9.20 Å². The summed E-state index contributed by atoms with van der Waals surface area (Å²) in [7, 11) is 0. The van der Waals surface area contributed by atoms with Crippen molar-refractivity contribution in [1.29, 1.82) is 0 Å². The van der Waals surface area contributed by atoms with Crippen molar-refractivity contribution in [2.24, 2.45) is 0 Å². The van der Waals surface area contributed by atoms with Crippen LogP contribution in [0.1, 0.15) is 21.7 Å². The summed E-state index contributed by atoms with van der Waals surface area (Å²) in [5.41, 5.74) is 3.46. The van der Waals surface area contributed by atoms with Crippen molar-refractivity contribution in [3.8, 4) is 0 Å². The zero-order valence-corrected chi connectivity index (χ0v) is 13.0. The van der Waals surface area contributed by atoms with Gasteiger partial charge in [-0.15, -0.1) is 23.5 Å². The third-order valence-corrected chi connectivity index (χ3v) is 5.60. The van der Waals surface area contributed by atoms with Crippen molar-refractivity contribution >= 4 is 35.0 Å². The van der Waals surface area contributed by atoms with Crippen LogP contribution in [0.25, 0.3) is 5.65 Å². The Kier molecular flexibility index (Phi) is 4.57. The predicted molar refractivity (Wildman–Crippen MR) is 85.6 cm³/mol. The fourth-order valence-corrected chi connectivity index (χ4v) is 4.43. The van der Waals surface area contributed by atoms with Gasteiger partial charge in [0.05, 0.1) is 5.69 Å². The number of rotatable bonds is 2. The Morgan fingerprint density at radius 3 is 2.75 bits per heavy atom. The molecule has 3 rings (SSSR count). The smallest absolute Gasteiger partial charge is 0.206 e. The molecule has 0 atom stereocenters. The van der Waals surface area contributed by atoms with E-state index in [0.29, 0.717) is 5.69 Å². The van der Waals surface area contributed by atoms with E-state index in [9.17, 15) is 4.79 Å². The van der Waals surface area contributed by atoms with Crippen LogP contribution >= 0.6 is 23.5 Å². The summed E-state index contributed by atoms with van der Waals surface area (Å²) in [6.07, 6.45) is 3.67. The number of hydrogen-bond donors (Lipinski definition) is 0. The van der Waals surface area contributed by atoms with E-state index in [1.165, 1.54) is 0 Å². The average Bonchev–Trinajstić information content (AvgIpc) is 2.95. The first kappa shape index (κ1) is 15.2. The number of aryl methyl sites for hydroxylation is 2. The molecule has 0 bridgehead atoms. The van der Waals surface area contributed by atoms with E-state index < -0.39 is 0 Å². The highest BCUT2D eigenvalue weighted by Gasteiger charge is 2.17. The van der Waals surface area contributed by atoms with Crippen molar-refractivity contribution in [2.45, 2.75) is 13.8 Å². The average molecular weight is 308 g/mol. The summed E-state index contributed by atoms with van der Waals surface area (Å²) in [6.45, 7) is 3.92. The lowest BCUT2D eigenvalue weighted by Gasteiger charge is -2.00. The Bertz CT molecular complexity index is 684. The molecule has 0 unspecified atom stereocenters. The molecule has 6 heteroatoms. The van der Waals surface area contributed by atoms with Crippen LogP contribution in [0.2, 0.25) is 0 Å². The largest absolute Gasteiger partial charge is 0.412 e. The van der Waals surface area contributed by atoms with Gasteiger partial charge in [-0.25, -0.2) is 4.98 Å². The summed E-state index contributed by atoms with van der Waals surface area (Å²) in [5.74, 6) is 2.23. The third kappa shape index (κ3) is 2.77. The van der Waals surface area contributed by atoms with Crippen LogP contribution in [0.5, 0.6) is 0 Å². The summed E-state index contributed by atoms with van der Waals surface area (Å²) in [6, 6.07) is 3.99. The molecule has 0 aliphatic carbocycles. The fourth-order valence-electron chi connectivity index (χ4n) is 2.15. The molecule has 0 spiro atoms. The third-order valence-electron chi connectivity index (χ3n) is 3.01. The minimum absolute atomic E-state index is 0. The van der Waals surface area contributed by atoms with Crippen LogP contribution in [-0.2, 0) is 0 Å². The van der Waals surface area contributed by atoms with Gasteiger partial charge in [-0.2, -0.15) is 0 Å². The first-order valence-electron chi connectivity index (χ1n) is 6.12. The number of hydrogen-bond acceptors (Lipinski definition) is 4. The van der Waals surface area contributed by atoms with Crippen molar-refractivity contribution in [1.82, 2.24) is 9.38 Å². The van der Waals surface area contributed by atoms with Gasteiger partial charge in [0, 0.05) is 28.0 Å². The van der Waals surface area contributed by atoms with Crippen LogP contribution in [0.4, 0.5) is 0 Å². The van der Waals surface area contributed by atoms with Gasteiger partial charge in [-0.1, -0.05) is 0 Å². The number of thioether (sulfide) groups is 2. The van der Waals surface area contributed by atoms with Gasteiger partial charge in [-0.05, 0) is 31.5 Å². The van der Waals surface area contributed by atoms with E-state index in [-0.39, 0.29) is 11.3 Å². The quantitative estimate of drug-likeness (QED) is 0.632. The topological polar surface area (TPSA) is 65.9 Å². The molecule has 3 heterocycles. The number of allylic oxidation sites excluding steroid dienone is 1. The summed E-state index contributed by atoms with van der Waals surface area (Å²) < 4.78 is 3.00. The Balaban J connectivity index is 0.00000147. The number of carbonyl (C=O) groups excluding carboxylic acids is 1. The Morgan fingerprint density at radius 1 is 1.35 bits per heavy atom. The molecular weight excluding hydrogens is 292 g/mol. The van der Waals surface area contributed by atoms with Gasteiger partial charge in [0.1, 0.15) is 11.3 Å². The molecule has 0 amide bonds. The minimum atomic E-state index is 0. The molecule has 1 saturated heterocycles. The van der Waals surface area contributed by atoms with Gasteiger partial charge in [0.15, 0.2) is 0 Å². The van der Waals surface area contributed by atoms with Gasteiger partial charge in [0.2, 0.25) is 5.78 Å². The number of pyridine rings is 1. The van der Waals surface area contributed by atoms with E-state index in [4.69, 9.17) is 0 Å². The summed E-state index contributed by atoms with van der Waals surface area (Å²) in [5, 5.41) is 0. The zero-order chi connectivity index (χ0) is 13.4. The lowest BCUT2D eigenvalue weighted by molar-refractivity contribution is 0.104. The van der Waals surface area contributed by atoms with Gasteiger partial charge < -0.3 is 5.48 Å². The highest BCUT2D eigenvalue weighted by molar-refractivity contribution is 8.25. The highest BCUT2D eigenvalue weighted by Crippen LogP contribution is 2.36. The lowest BCUT2D eigenvalue weighted by Crippen LogP contribution is -2.02. The maximum atomic E-state index is 12.4. The van der Waals surface area contributed by atoms with Crippen molar-refractivity contribution in [3.63, 3.8) is 0 Å². The lowest BCUT2D eigenvalue weighted by atomic mass is 10.2. The van der Waals surface area contributed by atoms with Crippen LogP contribution in [0, 0.1) is 13.8 Å². The predicted octanol–water partition coefficient (Wildman–Crippen LogP) is 2.63. The van der Waals surface area contributed by atoms with Gasteiger partial charge in [0.25, 0.3) is 0 Å². The first-order valence-corrected chi connectivity index (χ1v) is 8.09. The molecule has 20 heavy (non-hydrogen) atoms. The number of aromatic nitrogens is 2. The summed E-state index contributed by atoms with van der Waals surface area (Å²) in [4.78, 5) is 16.9. The van der Waals surface area contributed by atoms with Crippen LogP contribution in [0.3, 0.4) is 0 Å². The summed E-state index contributed by atoms with van der Waals surface area (Å²) >= 11 is 3.51. The number of fused-ring (bicyclic) bond motifs is 1. The van der Waals surface area contributed by atoms with Crippen molar-refractivity contribution in [3.05, 3.63) is 45.6 Å². The number of nitrogens with zero attached hydrogens (tertiary/aromatic N) is 2. The second kappa shape index (κ2) is 6.03. The van der Waals surface area contributed by atoms with Crippen LogP contribution < -0.4 is 0 Å². The molecular formula is C14H16N2O2S2. The molecule has 2 aromatic rings. The number of imidazole rings is 1. The molecule has 1 aliphatic rings. The van der Waals surface area contributed by atoms with E-state index in [1.807, 2.05) is 36.6 Å². The molecule has 1 aliphatic heterocycles. The molecule has 0 saturated carbocycles. The molecule has 4 nitrogen and oxygen atoms in total. The standard InChI is InChI=1S/C14H14N2OS2.H2O/c1-9-3-4-16-12(7-9)15-10(2)14(16)11(17)8-13-18-5-6-19-13;/h3-4,7-8H,5-6H2,1-2H3;1H2. The maximum absolute atomic E-state index is 12.4. The molecule has 2 N–H and O–H groups in total. The Hall–Kier alpha value is -1.24.